The highest BCUT2D eigenvalue weighted by Gasteiger charge is 2.15. The van der Waals surface area contributed by atoms with Gasteiger partial charge in [-0.2, -0.15) is 0 Å². The van der Waals surface area contributed by atoms with Gasteiger partial charge >= 0.3 is 0 Å². The molecule has 4 nitrogen and oxygen atoms in total. The zero-order valence-electron chi connectivity index (χ0n) is 7.85. The summed E-state index contributed by atoms with van der Waals surface area (Å²) in [4.78, 5) is 14.5. The molecule has 0 aliphatic carbocycles. The minimum atomic E-state index is 0. The maximum Gasteiger partial charge on any atom is 0.185 e. The number of nitrogens with zero attached hydrogens (tertiary/aromatic N) is 2. The lowest BCUT2D eigenvalue weighted by atomic mass is 10.1. The van der Waals surface area contributed by atoms with E-state index < -0.39 is 0 Å². The summed E-state index contributed by atoms with van der Waals surface area (Å²) >= 11 is 0. The van der Waals surface area contributed by atoms with Crippen LogP contribution in [0.4, 0.5) is 0 Å². The molecule has 1 aliphatic heterocycles. The summed E-state index contributed by atoms with van der Waals surface area (Å²) in [5.41, 5.74) is 0. The van der Waals surface area contributed by atoms with E-state index in [4.69, 9.17) is 0 Å². The largest absolute Gasteiger partial charge is 0.328 e. The van der Waals surface area contributed by atoms with Gasteiger partial charge in [0.05, 0.1) is 0 Å². The molecule has 2 heterocycles. The molecule has 0 saturated carbocycles. The highest BCUT2D eigenvalue weighted by molar-refractivity contribution is 5.85. The summed E-state index contributed by atoms with van der Waals surface area (Å²) in [7, 11) is 0. The van der Waals surface area contributed by atoms with Crippen LogP contribution in [0.5, 0.6) is 0 Å². The fourth-order valence-corrected chi connectivity index (χ4v) is 1.74. The molecule has 2 rings (SSSR count). The third kappa shape index (κ3) is 2.33. The molecule has 78 valence electrons. The molecule has 1 unspecified atom stereocenters. The Labute approximate surface area is 89.1 Å². The molecule has 0 amide bonds. The summed E-state index contributed by atoms with van der Waals surface area (Å²) in [6.07, 6.45) is 5.53. The van der Waals surface area contributed by atoms with Gasteiger partial charge in [0, 0.05) is 18.9 Å². The topological polar surface area (TPSA) is 46.9 Å². The number of aldehydes is 1. The summed E-state index contributed by atoms with van der Waals surface area (Å²) in [5, 5.41) is 3.30. The number of rotatable bonds is 3. The van der Waals surface area contributed by atoms with Gasteiger partial charge in [-0.1, -0.05) is 0 Å². The van der Waals surface area contributed by atoms with Crippen molar-refractivity contribution in [2.24, 2.45) is 5.92 Å². The summed E-state index contributed by atoms with van der Waals surface area (Å²) < 4.78 is 1.92. The SMILES string of the molecule is Cl.O=Cc1nccn1CC1CCNC1. The first-order chi connectivity index (χ1) is 6.40. The Bertz CT molecular complexity index is 294. The van der Waals surface area contributed by atoms with E-state index in [-0.39, 0.29) is 12.4 Å². The van der Waals surface area contributed by atoms with E-state index in [0.717, 1.165) is 25.9 Å². The third-order valence-corrected chi connectivity index (χ3v) is 2.47. The predicted octanol–water partition coefficient (Wildman–Crippen LogP) is 0.727. The van der Waals surface area contributed by atoms with E-state index in [0.29, 0.717) is 11.7 Å². The number of hydrogen-bond donors (Lipinski definition) is 1. The van der Waals surface area contributed by atoms with Crippen molar-refractivity contribution in [1.82, 2.24) is 14.9 Å². The molecular weight excluding hydrogens is 202 g/mol. The average Bonchev–Trinajstić information content (AvgIpc) is 2.76. The van der Waals surface area contributed by atoms with Crippen LogP contribution < -0.4 is 5.32 Å². The van der Waals surface area contributed by atoms with Gasteiger partial charge in [-0.05, 0) is 25.4 Å². The van der Waals surface area contributed by atoms with Crippen molar-refractivity contribution in [2.45, 2.75) is 13.0 Å². The van der Waals surface area contributed by atoms with Gasteiger partial charge in [-0.25, -0.2) is 4.98 Å². The van der Waals surface area contributed by atoms with Crippen molar-refractivity contribution in [3.05, 3.63) is 18.2 Å². The van der Waals surface area contributed by atoms with Crippen LogP contribution in [0.3, 0.4) is 0 Å². The van der Waals surface area contributed by atoms with E-state index in [2.05, 4.69) is 10.3 Å². The number of imidazole rings is 1. The van der Waals surface area contributed by atoms with E-state index in [1.165, 1.54) is 6.42 Å². The van der Waals surface area contributed by atoms with Gasteiger partial charge in [-0.3, -0.25) is 4.79 Å². The minimum absolute atomic E-state index is 0. The Morgan fingerprint density at radius 2 is 2.57 bits per heavy atom. The zero-order valence-corrected chi connectivity index (χ0v) is 8.67. The molecule has 1 fully saturated rings. The number of nitrogens with one attached hydrogen (secondary N) is 1. The van der Waals surface area contributed by atoms with Gasteiger partial charge in [0.25, 0.3) is 0 Å². The van der Waals surface area contributed by atoms with E-state index in [9.17, 15) is 4.79 Å². The van der Waals surface area contributed by atoms with Crippen LogP contribution in [0.2, 0.25) is 0 Å². The molecule has 0 bridgehead atoms. The molecule has 1 N–H and O–H groups in total. The van der Waals surface area contributed by atoms with Gasteiger partial charge < -0.3 is 9.88 Å². The average molecular weight is 216 g/mol. The lowest BCUT2D eigenvalue weighted by Gasteiger charge is -2.09. The van der Waals surface area contributed by atoms with Crippen LogP contribution in [0.1, 0.15) is 17.0 Å². The molecule has 0 radical (unpaired) electrons. The smallest absolute Gasteiger partial charge is 0.185 e. The molecule has 1 saturated heterocycles. The first-order valence-corrected chi connectivity index (χ1v) is 4.57. The van der Waals surface area contributed by atoms with E-state index in [1.54, 1.807) is 6.20 Å². The van der Waals surface area contributed by atoms with Gasteiger partial charge in [0.2, 0.25) is 0 Å². The van der Waals surface area contributed by atoms with Crippen LogP contribution in [0.25, 0.3) is 0 Å². The molecule has 1 aliphatic rings. The first-order valence-electron chi connectivity index (χ1n) is 4.57. The van der Waals surface area contributed by atoms with Crippen molar-refractivity contribution in [1.29, 1.82) is 0 Å². The van der Waals surface area contributed by atoms with E-state index in [1.807, 2.05) is 10.8 Å². The monoisotopic (exact) mass is 215 g/mol. The predicted molar refractivity (Wildman–Crippen MR) is 55.8 cm³/mol. The van der Waals surface area contributed by atoms with Crippen molar-refractivity contribution in [2.75, 3.05) is 13.1 Å². The minimum Gasteiger partial charge on any atom is -0.328 e. The second-order valence-corrected chi connectivity index (χ2v) is 3.41. The summed E-state index contributed by atoms with van der Waals surface area (Å²) in [6.45, 7) is 3.05. The molecule has 1 aromatic heterocycles. The third-order valence-electron chi connectivity index (χ3n) is 2.47. The van der Waals surface area contributed by atoms with Gasteiger partial charge in [0.15, 0.2) is 12.1 Å². The standard InChI is InChI=1S/C9H13N3O.ClH/c13-7-9-11-3-4-12(9)6-8-1-2-10-5-8;/h3-4,7-8,10H,1-2,5-6H2;1H. The maximum absolute atomic E-state index is 10.6. The van der Waals surface area contributed by atoms with Crippen molar-refractivity contribution in [3.63, 3.8) is 0 Å². The second-order valence-electron chi connectivity index (χ2n) is 3.41. The zero-order chi connectivity index (χ0) is 9.10. The Morgan fingerprint density at radius 3 is 3.21 bits per heavy atom. The number of aromatic nitrogens is 2. The highest BCUT2D eigenvalue weighted by Crippen LogP contribution is 2.11. The molecule has 1 aromatic rings. The first kappa shape index (κ1) is 11.2. The molecule has 0 aromatic carbocycles. The lowest BCUT2D eigenvalue weighted by molar-refractivity contribution is 0.111. The Kier molecular flexibility index (Phi) is 4.10. The van der Waals surface area contributed by atoms with Crippen LogP contribution in [0, 0.1) is 5.92 Å². The molecular formula is C9H14ClN3O. The number of carbonyl (C=O) groups is 1. The fourth-order valence-electron chi connectivity index (χ4n) is 1.74. The van der Waals surface area contributed by atoms with Crippen LogP contribution in [-0.4, -0.2) is 28.9 Å². The molecule has 5 heteroatoms. The number of halogens is 1. The Morgan fingerprint density at radius 1 is 1.71 bits per heavy atom. The van der Waals surface area contributed by atoms with Crippen molar-refractivity contribution < 1.29 is 4.79 Å². The summed E-state index contributed by atoms with van der Waals surface area (Å²) in [6, 6.07) is 0. The molecule has 0 spiro atoms. The van der Waals surface area contributed by atoms with Crippen LogP contribution >= 0.6 is 12.4 Å². The van der Waals surface area contributed by atoms with Crippen LogP contribution in [0.15, 0.2) is 12.4 Å². The summed E-state index contributed by atoms with van der Waals surface area (Å²) in [5.74, 6) is 1.18. The fraction of sp³-hybridized carbons (Fsp3) is 0.556. The number of carbonyl (C=O) groups excluding carboxylic acids is 1. The second kappa shape index (κ2) is 5.12. The lowest BCUT2D eigenvalue weighted by Crippen LogP contribution is -2.15. The van der Waals surface area contributed by atoms with E-state index >= 15 is 0 Å². The molecule has 1 atom stereocenters. The maximum atomic E-state index is 10.6. The van der Waals surface area contributed by atoms with Gasteiger partial charge in [-0.15, -0.1) is 12.4 Å². The van der Waals surface area contributed by atoms with Gasteiger partial charge in [0.1, 0.15) is 0 Å². The van der Waals surface area contributed by atoms with Crippen LogP contribution in [-0.2, 0) is 6.54 Å². The van der Waals surface area contributed by atoms with Crippen molar-refractivity contribution >= 4 is 18.7 Å². The Balaban J connectivity index is 0.000000980. The normalized spacial score (nSPS) is 20.4. The molecule has 14 heavy (non-hydrogen) atoms. The quantitative estimate of drug-likeness (QED) is 0.757. The van der Waals surface area contributed by atoms with Crippen molar-refractivity contribution in [3.8, 4) is 0 Å². The Hall–Kier alpha value is -0.870. The number of hydrogen-bond acceptors (Lipinski definition) is 3. The highest BCUT2D eigenvalue weighted by atomic mass is 35.5.